The maximum atomic E-state index is 4.83. The number of thiazole rings is 1. The van der Waals surface area contributed by atoms with Gasteiger partial charge in [0.05, 0.1) is 5.69 Å². The van der Waals surface area contributed by atoms with E-state index in [2.05, 4.69) is 29.0 Å². The van der Waals surface area contributed by atoms with E-state index in [4.69, 9.17) is 4.98 Å². The van der Waals surface area contributed by atoms with Crippen LogP contribution in [0.1, 0.15) is 49.2 Å². The molecule has 1 aromatic heterocycles. The number of piperidine rings is 1. The summed E-state index contributed by atoms with van der Waals surface area (Å²) in [4.78, 5) is 11.4. The van der Waals surface area contributed by atoms with Crippen LogP contribution >= 0.6 is 11.3 Å². The van der Waals surface area contributed by atoms with Gasteiger partial charge in [0.2, 0.25) is 0 Å². The minimum absolute atomic E-state index is 0.400. The average molecular weight is 308 g/mol. The number of aryl methyl sites for hydroxylation is 1. The largest absolute Gasteiger partial charge is 0.346 e. The highest BCUT2D eigenvalue weighted by molar-refractivity contribution is 7.15. The molecule has 0 bridgehead atoms. The third-order valence-electron chi connectivity index (χ3n) is 4.99. The van der Waals surface area contributed by atoms with E-state index in [9.17, 15) is 0 Å². The number of nitrogens with one attached hydrogen (secondary N) is 1. The van der Waals surface area contributed by atoms with Gasteiger partial charge in [-0.2, -0.15) is 0 Å². The Bertz CT molecular complexity index is 467. The maximum Gasteiger partial charge on any atom is 0.185 e. The molecule has 3 rings (SSSR count). The molecule has 2 aliphatic heterocycles. The molecule has 0 spiro atoms. The summed E-state index contributed by atoms with van der Waals surface area (Å²) in [6, 6.07) is 1.15. The van der Waals surface area contributed by atoms with Crippen molar-refractivity contribution in [2.24, 2.45) is 0 Å². The van der Waals surface area contributed by atoms with Crippen molar-refractivity contribution in [3.05, 3.63) is 10.6 Å². The van der Waals surface area contributed by atoms with Crippen LogP contribution in [-0.2, 0) is 0 Å². The van der Waals surface area contributed by atoms with Gasteiger partial charge in [0.15, 0.2) is 5.13 Å². The molecule has 1 N–H and O–H groups in total. The van der Waals surface area contributed by atoms with Crippen molar-refractivity contribution >= 4 is 16.5 Å². The lowest BCUT2D eigenvalue weighted by atomic mass is 10.1. The Morgan fingerprint density at radius 3 is 2.71 bits per heavy atom. The minimum Gasteiger partial charge on any atom is -0.346 e. The Hall–Kier alpha value is -0.650. The maximum absolute atomic E-state index is 4.83. The summed E-state index contributed by atoms with van der Waals surface area (Å²) in [5, 5.41) is 4.56. The van der Waals surface area contributed by atoms with Crippen LogP contribution in [0.3, 0.4) is 0 Å². The summed E-state index contributed by atoms with van der Waals surface area (Å²) in [6.45, 7) is 9.29. The predicted molar refractivity (Wildman–Crippen MR) is 90.4 cm³/mol. The van der Waals surface area contributed by atoms with Gasteiger partial charge in [0, 0.05) is 30.1 Å². The van der Waals surface area contributed by atoms with Gasteiger partial charge in [-0.15, -0.1) is 11.3 Å². The smallest absolute Gasteiger partial charge is 0.185 e. The molecule has 0 aromatic carbocycles. The molecule has 0 amide bonds. The molecule has 4 nitrogen and oxygen atoms in total. The van der Waals surface area contributed by atoms with E-state index in [1.807, 2.05) is 18.4 Å². The lowest BCUT2D eigenvalue weighted by Crippen LogP contribution is -2.40. The van der Waals surface area contributed by atoms with Crippen LogP contribution in [0.25, 0.3) is 0 Å². The summed E-state index contributed by atoms with van der Waals surface area (Å²) in [7, 11) is 2.02. The molecule has 2 saturated heterocycles. The lowest BCUT2D eigenvalue weighted by molar-refractivity contribution is 0.175. The summed E-state index contributed by atoms with van der Waals surface area (Å²) in [5.41, 5.74) is 1.19. The van der Waals surface area contributed by atoms with E-state index in [1.54, 1.807) is 0 Å². The van der Waals surface area contributed by atoms with Crippen molar-refractivity contribution in [2.75, 3.05) is 38.1 Å². The van der Waals surface area contributed by atoms with Crippen LogP contribution in [0.4, 0.5) is 5.13 Å². The third-order valence-corrected chi connectivity index (χ3v) is 6.39. The molecule has 2 atom stereocenters. The van der Waals surface area contributed by atoms with Crippen molar-refractivity contribution < 1.29 is 0 Å². The first-order valence-electron chi connectivity index (χ1n) is 8.32. The van der Waals surface area contributed by atoms with Gasteiger partial charge in [-0.25, -0.2) is 4.98 Å². The zero-order valence-corrected chi connectivity index (χ0v) is 14.4. The Balaban J connectivity index is 1.65. The highest BCUT2D eigenvalue weighted by Crippen LogP contribution is 2.33. The van der Waals surface area contributed by atoms with E-state index < -0.39 is 0 Å². The molecule has 2 unspecified atom stereocenters. The number of aromatic nitrogens is 1. The van der Waals surface area contributed by atoms with Gasteiger partial charge in [-0.3, -0.25) is 4.90 Å². The van der Waals surface area contributed by atoms with E-state index in [-0.39, 0.29) is 0 Å². The molecule has 2 aliphatic rings. The van der Waals surface area contributed by atoms with E-state index in [0.717, 1.165) is 6.04 Å². The van der Waals surface area contributed by atoms with E-state index in [1.165, 1.54) is 67.6 Å². The van der Waals surface area contributed by atoms with Crippen molar-refractivity contribution in [2.45, 2.75) is 51.6 Å². The molecule has 3 heterocycles. The summed E-state index contributed by atoms with van der Waals surface area (Å²) in [6.07, 6.45) is 5.49. The van der Waals surface area contributed by atoms with Crippen LogP contribution in [0, 0.1) is 6.92 Å². The molecule has 5 heteroatoms. The first-order valence-corrected chi connectivity index (χ1v) is 9.14. The molecule has 1 aromatic rings. The topological polar surface area (TPSA) is 31.4 Å². The minimum atomic E-state index is 0.400. The molecular weight excluding hydrogens is 280 g/mol. The van der Waals surface area contributed by atoms with Crippen molar-refractivity contribution in [3.8, 4) is 0 Å². The number of nitrogens with zero attached hydrogens (tertiary/aromatic N) is 3. The van der Waals surface area contributed by atoms with Crippen LogP contribution in [0.5, 0.6) is 0 Å². The second-order valence-electron chi connectivity index (χ2n) is 6.44. The van der Waals surface area contributed by atoms with Crippen LogP contribution < -0.4 is 10.2 Å². The number of likely N-dealkylation sites (tertiary alicyclic amines) is 1. The van der Waals surface area contributed by atoms with Crippen molar-refractivity contribution in [1.29, 1.82) is 0 Å². The second-order valence-corrected chi connectivity index (χ2v) is 7.45. The Labute approximate surface area is 132 Å². The quantitative estimate of drug-likeness (QED) is 0.927. The van der Waals surface area contributed by atoms with Crippen LogP contribution in [-0.4, -0.2) is 49.2 Å². The van der Waals surface area contributed by atoms with E-state index >= 15 is 0 Å². The molecule has 118 valence electrons. The number of hydrogen-bond acceptors (Lipinski definition) is 5. The van der Waals surface area contributed by atoms with Gasteiger partial charge in [-0.1, -0.05) is 6.42 Å². The summed E-state index contributed by atoms with van der Waals surface area (Å²) < 4.78 is 0. The van der Waals surface area contributed by atoms with Crippen LogP contribution in [0.15, 0.2) is 0 Å². The zero-order chi connectivity index (χ0) is 14.8. The molecule has 2 fully saturated rings. The van der Waals surface area contributed by atoms with Gasteiger partial charge in [-0.05, 0) is 53.2 Å². The first-order chi connectivity index (χ1) is 10.2. The second kappa shape index (κ2) is 6.63. The Morgan fingerprint density at radius 2 is 2.00 bits per heavy atom. The predicted octanol–water partition coefficient (Wildman–Crippen LogP) is 2.80. The van der Waals surface area contributed by atoms with Crippen molar-refractivity contribution in [3.63, 3.8) is 0 Å². The standard InChI is InChI=1S/C16H28N4S/c1-12(17-3)15-13(2)18-16(21-15)20-10-7-14(11-20)19-8-5-4-6-9-19/h12,14,17H,4-11H2,1-3H3. The molecule has 21 heavy (non-hydrogen) atoms. The highest BCUT2D eigenvalue weighted by atomic mass is 32.1. The highest BCUT2D eigenvalue weighted by Gasteiger charge is 2.30. The lowest BCUT2D eigenvalue weighted by Gasteiger charge is -2.32. The first kappa shape index (κ1) is 15.3. The normalized spacial score (nSPS) is 25.5. The number of anilines is 1. The fraction of sp³-hybridized carbons (Fsp3) is 0.812. The fourth-order valence-corrected chi connectivity index (χ4v) is 4.72. The molecule has 0 saturated carbocycles. The SMILES string of the molecule is CNC(C)c1sc(N2CCC(N3CCCCC3)C2)nc1C. The molecule has 0 radical (unpaired) electrons. The number of rotatable bonds is 4. The Kier molecular flexibility index (Phi) is 4.82. The van der Waals surface area contributed by atoms with Gasteiger partial charge in [0.1, 0.15) is 0 Å². The monoisotopic (exact) mass is 308 g/mol. The number of hydrogen-bond donors (Lipinski definition) is 1. The average Bonchev–Trinajstić information content (AvgIpc) is 3.14. The van der Waals surface area contributed by atoms with Crippen molar-refractivity contribution in [1.82, 2.24) is 15.2 Å². The van der Waals surface area contributed by atoms with E-state index in [0.29, 0.717) is 6.04 Å². The zero-order valence-electron chi connectivity index (χ0n) is 13.6. The summed E-state index contributed by atoms with van der Waals surface area (Å²) >= 11 is 1.87. The van der Waals surface area contributed by atoms with Gasteiger partial charge >= 0.3 is 0 Å². The molecule has 0 aliphatic carbocycles. The molecular formula is C16H28N4S. The fourth-order valence-electron chi connectivity index (χ4n) is 3.56. The van der Waals surface area contributed by atoms with Gasteiger partial charge < -0.3 is 10.2 Å². The third kappa shape index (κ3) is 3.25. The van der Waals surface area contributed by atoms with Gasteiger partial charge in [0.25, 0.3) is 0 Å². The summed E-state index contributed by atoms with van der Waals surface area (Å²) in [5.74, 6) is 0. The Morgan fingerprint density at radius 1 is 1.24 bits per heavy atom. The van der Waals surface area contributed by atoms with Crippen LogP contribution in [0.2, 0.25) is 0 Å².